The van der Waals surface area contributed by atoms with Gasteiger partial charge in [0.2, 0.25) is 0 Å². The molecule has 3 N–H and O–H groups in total. The van der Waals surface area contributed by atoms with Crippen LogP contribution in [0, 0.1) is 5.82 Å². The summed E-state index contributed by atoms with van der Waals surface area (Å²) in [4.78, 5) is 0. The molecule has 0 unspecified atom stereocenters. The minimum Gasteiger partial charge on any atom is -0.506 e. The van der Waals surface area contributed by atoms with E-state index in [0.717, 1.165) is 6.42 Å². The first-order chi connectivity index (χ1) is 7.06. The summed E-state index contributed by atoms with van der Waals surface area (Å²) in [6.07, 6.45) is 3.10. The van der Waals surface area contributed by atoms with Crippen molar-refractivity contribution in [2.45, 2.75) is 18.9 Å². The molecule has 0 amide bonds. The van der Waals surface area contributed by atoms with E-state index in [1.807, 2.05) is 0 Å². The first-order valence-electron chi connectivity index (χ1n) is 4.60. The zero-order chi connectivity index (χ0) is 11.4. The lowest BCUT2D eigenvalue weighted by Crippen LogP contribution is -2.10. The van der Waals surface area contributed by atoms with Crippen molar-refractivity contribution in [3.63, 3.8) is 0 Å². The second-order valence-electron chi connectivity index (χ2n) is 3.30. The smallest absolute Gasteiger partial charge is 0.134 e. The first kappa shape index (κ1) is 15.4. The third-order valence-electron chi connectivity index (χ3n) is 2.14. The number of benzene rings is 1. The van der Waals surface area contributed by atoms with Crippen molar-refractivity contribution in [3.8, 4) is 5.75 Å². The number of halogens is 3. The van der Waals surface area contributed by atoms with Gasteiger partial charge in [-0.3, -0.25) is 0 Å². The van der Waals surface area contributed by atoms with E-state index >= 15 is 0 Å². The number of rotatable bonds is 4. The molecule has 0 saturated carbocycles. The summed E-state index contributed by atoms with van der Waals surface area (Å²) in [5.41, 5.74) is 6.24. The molecule has 1 aromatic rings. The summed E-state index contributed by atoms with van der Waals surface area (Å²) < 4.78 is 13.4. The highest BCUT2D eigenvalue weighted by molar-refractivity contribution is 9.10. The van der Waals surface area contributed by atoms with Gasteiger partial charge in [-0.15, -0.1) is 19.0 Å². The molecule has 0 aliphatic rings. The van der Waals surface area contributed by atoms with Crippen molar-refractivity contribution in [2.75, 3.05) is 0 Å². The maximum Gasteiger partial charge on any atom is 0.134 e. The van der Waals surface area contributed by atoms with Crippen molar-refractivity contribution < 1.29 is 9.50 Å². The summed E-state index contributed by atoms with van der Waals surface area (Å²) in [6.45, 7) is 3.58. The summed E-state index contributed by atoms with van der Waals surface area (Å²) in [7, 11) is 0. The molecule has 0 aliphatic heterocycles. The number of hydrogen-bond donors (Lipinski definition) is 2. The van der Waals surface area contributed by atoms with E-state index in [1.165, 1.54) is 12.1 Å². The highest BCUT2D eigenvalue weighted by Crippen LogP contribution is 2.33. The van der Waals surface area contributed by atoms with Gasteiger partial charge in [0.15, 0.2) is 0 Å². The molecule has 1 rings (SSSR count). The first-order valence-corrected chi connectivity index (χ1v) is 5.40. The Morgan fingerprint density at radius 3 is 2.75 bits per heavy atom. The van der Waals surface area contributed by atoms with Gasteiger partial charge >= 0.3 is 0 Å². The molecule has 0 fully saturated rings. The molecule has 0 bridgehead atoms. The molecule has 0 saturated heterocycles. The molecule has 16 heavy (non-hydrogen) atoms. The average molecular weight is 311 g/mol. The minimum absolute atomic E-state index is 0. The van der Waals surface area contributed by atoms with Gasteiger partial charge in [0.1, 0.15) is 11.6 Å². The van der Waals surface area contributed by atoms with E-state index in [-0.39, 0.29) is 24.2 Å². The highest BCUT2D eigenvalue weighted by Gasteiger charge is 2.14. The van der Waals surface area contributed by atoms with E-state index in [4.69, 9.17) is 5.73 Å². The van der Waals surface area contributed by atoms with E-state index in [1.54, 1.807) is 6.08 Å². The summed E-state index contributed by atoms with van der Waals surface area (Å²) in [5, 5.41) is 9.67. The molecular weight excluding hydrogens is 296 g/mol. The van der Waals surface area contributed by atoms with Crippen molar-refractivity contribution in [1.82, 2.24) is 0 Å². The van der Waals surface area contributed by atoms with E-state index in [0.29, 0.717) is 16.5 Å². The predicted octanol–water partition coefficient (Wildman–Crippen LogP) is 3.68. The molecule has 0 aromatic heterocycles. The molecule has 90 valence electrons. The Hall–Kier alpha value is -0.580. The number of phenolic OH excluding ortho intramolecular Hbond substituents is 1. The van der Waals surface area contributed by atoms with Gasteiger partial charge in [0, 0.05) is 11.6 Å². The van der Waals surface area contributed by atoms with Gasteiger partial charge in [0.25, 0.3) is 0 Å². The Morgan fingerprint density at radius 1 is 1.56 bits per heavy atom. The van der Waals surface area contributed by atoms with Crippen LogP contribution in [-0.2, 0) is 0 Å². The van der Waals surface area contributed by atoms with Crippen LogP contribution in [-0.4, -0.2) is 5.11 Å². The maximum absolute atomic E-state index is 13.1. The zero-order valence-electron chi connectivity index (χ0n) is 8.62. The Morgan fingerprint density at radius 2 is 2.19 bits per heavy atom. The van der Waals surface area contributed by atoms with Crippen LogP contribution in [0.15, 0.2) is 29.3 Å². The Labute approximate surface area is 109 Å². The third-order valence-corrected chi connectivity index (χ3v) is 2.74. The Balaban J connectivity index is 0.00000225. The number of hydrogen-bond acceptors (Lipinski definition) is 2. The standard InChI is InChI=1S/C11H13BrFNO.ClH/c1-2-3-4-10(14)8-5-7(13)6-9(12)11(8)15;/h2,5-6,10,15H,1,3-4,14H2;1H/t10-;/m1./s1. The molecule has 1 aromatic carbocycles. The van der Waals surface area contributed by atoms with Crippen LogP contribution >= 0.6 is 28.3 Å². The van der Waals surface area contributed by atoms with Crippen molar-refractivity contribution in [3.05, 3.63) is 40.6 Å². The number of nitrogens with two attached hydrogens (primary N) is 1. The zero-order valence-corrected chi connectivity index (χ0v) is 11.0. The van der Waals surface area contributed by atoms with E-state index in [2.05, 4.69) is 22.5 Å². The largest absolute Gasteiger partial charge is 0.506 e. The van der Waals surface area contributed by atoms with Gasteiger partial charge in [-0.05, 0) is 40.9 Å². The fourth-order valence-electron chi connectivity index (χ4n) is 1.32. The van der Waals surface area contributed by atoms with E-state index < -0.39 is 5.82 Å². The van der Waals surface area contributed by atoms with Crippen LogP contribution in [0.3, 0.4) is 0 Å². The molecule has 0 aliphatic carbocycles. The van der Waals surface area contributed by atoms with Gasteiger partial charge < -0.3 is 10.8 Å². The van der Waals surface area contributed by atoms with Crippen LogP contribution in [0.25, 0.3) is 0 Å². The lowest BCUT2D eigenvalue weighted by atomic mass is 10.0. The third kappa shape index (κ3) is 3.77. The monoisotopic (exact) mass is 309 g/mol. The molecule has 0 spiro atoms. The van der Waals surface area contributed by atoms with Crippen molar-refractivity contribution >= 4 is 28.3 Å². The average Bonchev–Trinajstić information content (AvgIpc) is 2.19. The molecule has 0 heterocycles. The van der Waals surface area contributed by atoms with Gasteiger partial charge in [-0.25, -0.2) is 4.39 Å². The molecule has 5 heteroatoms. The number of phenols is 1. The summed E-state index contributed by atoms with van der Waals surface area (Å²) >= 11 is 3.07. The highest BCUT2D eigenvalue weighted by atomic mass is 79.9. The van der Waals surface area contributed by atoms with Crippen LogP contribution in [0.1, 0.15) is 24.4 Å². The normalized spacial score (nSPS) is 11.7. The fraction of sp³-hybridized carbons (Fsp3) is 0.273. The van der Waals surface area contributed by atoms with Crippen LogP contribution in [0.4, 0.5) is 4.39 Å². The van der Waals surface area contributed by atoms with Crippen LogP contribution in [0.5, 0.6) is 5.75 Å². The second-order valence-corrected chi connectivity index (χ2v) is 4.15. The Kier molecular flexibility index (Phi) is 6.64. The summed E-state index contributed by atoms with van der Waals surface area (Å²) in [6, 6.07) is 2.09. The maximum atomic E-state index is 13.1. The quantitative estimate of drug-likeness (QED) is 0.833. The lowest BCUT2D eigenvalue weighted by Gasteiger charge is -2.13. The Bertz CT molecular complexity index is 373. The topological polar surface area (TPSA) is 46.2 Å². The second kappa shape index (κ2) is 6.89. The molecule has 1 atom stereocenters. The van der Waals surface area contributed by atoms with Crippen LogP contribution < -0.4 is 5.73 Å². The van der Waals surface area contributed by atoms with Gasteiger partial charge in [-0.1, -0.05) is 6.08 Å². The molecular formula is C11H14BrClFNO. The van der Waals surface area contributed by atoms with Gasteiger partial charge in [0.05, 0.1) is 4.47 Å². The SMILES string of the molecule is C=CCC[C@@H](N)c1cc(F)cc(Br)c1O.Cl. The van der Waals surface area contributed by atoms with Crippen molar-refractivity contribution in [1.29, 1.82) is 0 Å². The predicted molar refractivity (Wildman–Crippen MR) is 69.4 cm³/mol. The number of aromatic hydroxyl groups is 1. The fourth-order valence-corrected chi connectivity index (χ4v) is 1.77. The minimum atomic E-state index is -0.413. The summed E-state index contributed by atoms with van der Waals surface area (Å²) in [5.74, 6) is -0.406. The van der Waals surface area contributed by atoms with Crippen molar-refractivity contribution in [2.24, 2.45) is 5.73 Å². The number of allylic oxidation sites excluding steroid dienone is 1. The molecule has 0 radical (unpaired) electrons. The van der Waals surface area contributed by atoms with Gasteiger partial charge in [-0.2, -0.15) is 0 Å². The molecule has 2 nitrogen and oxygen atoms in total. The van der Waals surface area contributed by atoms with E-state index in [9.17, 15) is 9.50 Å². The lowest BCUT2D eigenvalue weighted by molar-refractivity contribution is 0.452. The van der Waals surface area contributed by atoms with Crippen LogP contribution in [0.2, 0.25) is 0 Å².